The van der Waals surface area contributed by atoms with Crippen molar-refractivity contribution in [3.05, 3.63) is 12.3 Å². The van der Waals surface area contributed by atoms with Crippen molar-refractivity contribution in [2.75, 3.05) is 42.9 Å². The first-order valence-electron chi connectivity index (χ1n) is 7.13. The summed E-state index contributed by atoms with van der Waals surface area (Å²) in [4.78, 5) is 24.2. The van der Waals surface area contributed by atoms with E-state index in [1.807, 2.05) is 11.0 Å². The molecule has 1 saturated heterocycles. The largest absolute Gasteiger partial charge is 0.370 e. The Kier molecular flexibility index (Phi) is 4.76. The molecule has 1 N–H and O–H groups in total. The van der Waals surface area contributed by atoms with Gasteiger partial charge in [0.2, 0.25) is 11.9 Å². The van der Waals surface area contributed by atoms with Gasteiger partial charge in [-0.05, 0) is 12.0 Å². The van der Waals surface area contributed by atoms with Crippen LogP contribution in [0.5, 0.6) is 0 Å². The van der Waals surface area contributed by atoms with Gasteiger partial charge in [-0.2, -0.15) is 4.98 Å². The van der Waals surface area contributed by atoms with Crippen LogP contribution in [0.25, 0.3) is 0 Å². The van der Waals surface area contributed by atoms with Crippen LogP contribution in [0.1, 0.15) is 20.8 Å². The van der Waals surface area contributed by atoms with Gasteiger partial charge in [0.05, 0.1) is 0 Å². The summed E-state index contributed by atoms with van der Waals surface area (Å²) >= 11 is 0. The molecule has 2 heterocycles. The normalized spacial score (nSPS) is 15.6. The fraction of sp³-hybridized carbons (Fsp3) is 0.643. The highest BCUT2D eigenvalue weighted by atomic mass is 16.2. The Morgan fingerprint density at radius 2 is 2.05 bits per heavy atom. The smallest absolute Gasteiger partial charge is 0.227 e. The Morgan fingerprint density at radius 3 is 2.65 bits per heavy atom. The Bertz CT molecular complexity index is 455. The molecule has 6 heteroatoms. The molecule has 6 nitrogen and oxygen atoms in total. The summed E-state index contributed by atoms with van der Waals surface area (Å²) in [5, 5.41) is 3.31. The molecule has 1 aliphatic heterocycles. The van der Waals surface area contributed by atoms with Gasteiger partial charge in [0.1, 0.15) is 5.82 Å². The molecule has 0 unspecified atom stereocenters. The standard InChI is InChI=1S/C14H23N5O/c1-11(2)10-16-13-4-5-15-14(17-13)19-8-6-18(7-9-19)12(3)20/h4-5,11H,6-10H2,1-3H3,(H,15,16,17). The summed E-state index contributed by atoms with van der Waals surface area (Å²) in [7, 11) is 0. The number of carbonyl (C=O) groups excluding carboxylic acids is 1. The number of hydrogen-bond donors (Lipinski definition) is 1. The number of anilines is 2. The molecule has 1 fully saturated rings. The predicted molar refractivity (Wildman–Crippen MR) is 79.8 cm³/mol. The van der Waals surface area contributed by atoms with Crippen molar-refractivity contribution in [1.29, 1.82) is 0 Å². The van der Waals surface area contributed by atoms with Gasteiger partial charge in [-0.15, -0.1) is 0 Å². The number of amides is 1. The molecule has 0 aliphatic carbocycles. The number of aromatic nitrogens is 2. The van der Waals surface area contributed by atoms with Gasteiger partial charge >= 0.3 is 0 Å². The van der Waals surface area contributed by atoms with E-state index in [9.17, 15) is 4.79 Å². The zero-order valence-electron chi connectivity index (χ0n) is 12.5. The predicted octanol–water partition coefficient (Wildman–Crippen LogP) is 1.21. The van der Waals surface area contributed by atoms with Crippen molar-refractivity contribution in [1.82, 2.24) is 14.9 Å². The highest BCUT2D eigenvalue weighted by Gasteiger charge is 2.20. The van der Waals surface area contributed by atoms with Crippen LogP contribution in [-0.2, 0) is 4.79 Å². The highest BCUT2D eigenvalue weighted by molar-refractivity contribution is 5.73. The molecule has 1 aromatic heterocycles. The van der Waals surface area contributed by atoms with Gasteiger partial charge in [-0.1, -0.05) is 13.8 Å². The lowest BCUT2D eigenvalue weighted by Gasteiger charge is -2.34. The van der Waals surface area contributed by atoms with Crippen molar-refractivity contribution in [2.45, 2.75) is 20.8 Å². The maximum atomic E-state index is 11.3. The average molecular weight is 277 g/mol. The van der Waals surface area contributed by atoms with E-state index in [0.717, 1.165) is 44.5 Å². The highest BCUT2D eigenvalue weighted by Crippen LogP contribution is 2.13. The van der Waals surface area contributed by atoms with Gasteiger partial charge in [-0.25, -0.2) is 4.98 Å². The van der Waals surface area contributed by atoms with E-state index in [0.29, 0.717) is 5.92 Å². The van der Waals surface area contributed by atoms with Crippen molar-refractivity contribution in [3.63, 3.8) is 0 Å². The summed E-state index contributed by atoms with van der Waals surface area (Å²) in [5.74, 6) is 2.31. The molecule has 0 bridgehead atoms. The third-order valence-corrected chi connectivity index (χ3v) is 3.34. The van der Waals surface area contributed by atoms with Crippen LogP contribution >= 0.6 is 0 Å². The first kappa shape index (κ1) is 14.6. The minimum Gasteiger partial charge on any atom is -0.370 e. The molecule has 1 amide bonds. The minimum absolute atomic E-state index is 0.137. The molecule has 2 rings (SSSR count). The number of piperazine rings is 1. The molecule has 0 saturated carbocycles. The van der Waals surface area contributed by atoms with Crippen LogP contribution < -0.4 is 10.2 Å². The van der Waals surface area contributed by atoms with Gasteiger partial charge in [0.15, 0.2) is 0 Å². The SMILES string of the molecule is CC(=O)N1CCN(c2nccc(NCC(C)C)n2)CC1. The molecular formula is C14H23N5O. The van der Waals surface area contributed by atoms with Crippen LogP contribution in [0.3, 0.4) is 0 Å². The van der Waals surface area contributed by atoms with E-state index >= 15 is 0 Å². The zero-order chi connectivity index (χ0) is 14.5. The number of nitrogens with zero attached hydrogens (tertiary/aromatic N) is 4. The third-order valence-electron chi connectivity index (χ3n) is 3.34. The lowest BCUT2D eigenvalue weighted by Crippen LogP contribution is -2.48. The second-order valence-corrected chi connectivity index (χ2v) is 5.51. The maximum absolute atomic E-state index is 11.3. The van der Waals surface area contributed by atoms with Crippen LogP contribution in [0, 0.1) is 5.92 Å². The summed E-state index contributed by atoms with van der Waals surface area (Å²) < 4.78 is 0. The topological polar surface area (TPSA) is 61.4 Å². The fourth-order valence-corrected chi connectivity index (χ4v) is 2.13. The lowest BCUT2D eigenvalue weighted by molar-refractivity contribution is -0.129. The summed E-state index contributed by atoms with van der Waals surface area (Å²) in [6.45, 7) is 9.88. The van der Waals surface area contributed by atoms with E-state index in [-0.39, 0.29) is 5.91 Å². The van der Waals surface area contributed by atoms with Crippen LogP contribution in [0.4, 0.5) is 11.8 Å². The first-order chi connectivity index (χ1) is 9.56. The molecule has 1 aliphatic rings. The molecule has 1 aromatic rings. The van der Waals surface area contributed by atoms with Crippen molar-refractivity contribution < 1.29 is 4.79 Å². The molecule has 0 aromatic carbocycles. The molecule has 0 spiro atoms. The van der Waals surface area contributed by atoms with E-state index in [1.165, 1.54) is 0 Å². The Balaban J connectivity index is 1.96. The van der Waals surface area contributed by atoms with Gasteiger partial charge < -0.3 is 15.1 Å². The van der Waals surface area contributed by atoms with Crippen molar-refractivity contribution in [3.8, 4) is 0 Å². The Morgan fingerprint density at radius 1 is 1.35 bits per heavy atom. The number of carbonyl (C=O) groups is 1. The minimum atomic E-state index is 0.137. The molecule has 0 atom stereocenters. The summed E-state index contributed by atoms with van der Waals surface area (Å²) in [6.07, 6.45) is 1.78. The van der Waals surface area contributed by atoms with E-state index in [2.05, 4.69) is 34.0 Å². The van der Waals surface area contributed by atoms with Crippen LogP contribution in [0.15, 0.2) is 12.3 Å². The third kappa shape index (κ3) is 3.82. The van der Waals surface area contributed by atoms with Crippen molar-refractivity contribution >= 4 is 17.7 Å². The molecular weight excluding hydrogens is 254 g/mol. The summed E-state index contributed by atoms with van der Waals surface area (Å²) in [5.41, 5.74) is 0. The number of rotatable bonds is 4. The monoisotopic (exact) mass is 277 g/mol. The lowest BCUT2D eigenvalue weighted by atomic mass is 10.2. The van der Waals surface area contributed by atoms with E-state index in [1.54, 1.807) is 13.1 Å². The Hall–Kier alpha value is -1.85. The van der Waals surface area contributed by atoms with E-state index < -0.39 is 0 Å². The zero-order valence-corrected chi connectivity index (χ0v) is 12.5. The molecule has 0 radical (unpaired) electrons. The Labute approximate surface area is 120 Å². The second-order valence-electron chi connectivity index (χ2n) is 5.51. The fourth-order valence-electron chi connectivity index (χ4n) is 2.13. The first-order valence-corrected chi connectivity index (χ1v) is 7.13. The second kappa shape index (κ2) is 6.54. The van der Waals surface area contributed by atoms with E-state index in [4.69, 9.17) is 0 Å². The molecule has 110 valence electrons. The quantitative estimate of drug-likeness (QED) is 0.896. The van der Waals surface area contributed by atoms with Gasteiger partial charge in [0.25, 0.3) is 0 Å². The maximum Gasteiger partial charge on any atom is 0.227 e. The van der Waals surface area contributed by atoms with Crippen molar-refractivity contribution in [2.24, 2.45) is 5.92 Å². The average Bonchev–Trinajstić information content (AvgIpc) is 2.45. The molecule has 20 heavy (non-hydrogen) atoms. The van der Waals surface area contributed by atoms with Crippen LogP contribution in [-0.4, -0.2) is 53.5 Å². The van der Waals surface area contributed by atoms with Gasteiger partial charge in [0, 0.05) is 45.8 Å². The summed E-state index contributed by atoms with van der Waals surface area (Å²) in [6, 6.07) is 1.89. The number of nitrogens with one attached hydrogen (secondary N) is 1. The van der Waals surface area contributed by atoms with Crippen LogP contribution in [0.2, 0.25) is 0 Å². The van der Waals surface area contributed by atoms with Gasteiger partial charge in [-0.3, -0.25) is 4.79 Å². The number of hydrogen-bond acceptors (Lipinski definition) is 5.